The quantitative estimate of drug-likeness (QED) is 0.790. The molecule has 1 aromatic carbocycles. The highest BCUT2D eigenvalue weighted by Crippen LogP contribution is 2.24. The maximum Gasteiger partial charge on any atom is 0.365 e. The second-order valence-corrected chi connectivity index (χ2v) is 4.66. The third-order valence-corrected chi connectivity index (χ3v) is 3.23. The normalized spacial score (nSPS) is 14.7. The molecule has 0 bridgehead atoms. The second-order valence-electron chi connectivity index (χ2n) is 3.81. The first-order chi connectivity index (χ1) is 9.02. The zero-order valence-corrected chi connectivity index (χ0v) is 11.6. The van der Waals surface area contributed by atoms with E-state index in [1.54, 1.807) is 12.1 Å². The fourth-order valence-corrected chi connectivity index (χ4v) is 2.10. The van der Waals surface area contributed by atoms with Gasteiger partial charge in [0.15, 0.2) is 0 Å². The lowest BCUT2D eigenvalue weighted by atomic mass is 10.2. The fraction of sp³-hybridized carbons (Fsp3) is 0.250. The number of methoxy groups -OCH3 is 1. The third-order valence-electron chi connectivity index (χ3n) is 2.58. The number of hydroxylamine groups is 2. The van der Waals surface area contributed by atoms with Gasteiger partial charge in [-0.1, -0.05) is 0 Å². The Kier molecular flexibility index (Phi) is 3.84. The number of amides is 2. The van der Waals surface area contributed by atoms with E-state index in [-0.39, 0.29) is 18.4 Å². The monoisotopic (exact) mass is 327 g/mol. The maximum absolute atomic E-state index is 11.9. The lowest BCUT2D eigenvalue weighted by Crippen LogP contribution is -2.32. The minimum Gasteiger partial charge on any atom is -0.497 e. The molecule has 2 rings (SSSR count). The van der Waals surface area contributed by atoms with Gasteiger partial charge in [0.2, 0.25) is 0 Å². The summed E-state index contributed by atoms with van der Waals surface area (Å²) in [6, 6.07) is 4.65. The molecule has 1 heterocycles. The molecule has 1 saturated heterocycles. The first-order valence-corrected chi connectivity index (χ1v) is 6.24. The summed E-state index contributed by atoms with van der Waals surface area (Å²) in [5.74, 6) is -1.24. The molecule has 0 aliphatic carbocycles. The highest BCUT2D eigenvalue weighted by molar-refractivity contribution is 9.10. The Morgan fingerprint density at radius 3 is 2.42 bits per heavy atom. The van der Waals surface area contributed by atoms with Crippen LogP contribution in [-0.4, -0.2) is 30.0 Å². The zero-order chi connectivity index (χ0) is 14.0. The van der Waals surface area contributed by atoms with E-state index in [2.05, 4.69) is 15.9 Å². The van der Waals surface area contributed by atoms with Crippen molar-refractivity contribution >= 4 is 33.7 Å². The molecule has 1 aliphatic heterocycles. The molecule has 0 atom stereocenters. The van der Waals surface area contributed by atoms with Crippen LogP contribution in [0.3, 0.4) is 0 Å². The van der Waals surface area contributed by atoms with Crippen LogP contribution >= 0.6 is 15.9 Å². The number of benzene rings is 1. The van der Waals surface area contributed by atoms with Gasteiger partial charge in [-0.2, -0.15) is 0 Å². The van der Waals surface area contributed by atoms with E-state index in [1.807, 2.05) is 0 Å². The molecule has 19 heavy (non-hydrogen) atoms. The Morgan fingerprint density at radius 2 is 1.89 bits per heavy atom. The van der Waals surface area contributed by atoms with Crippen LogP contribution in [-0.2, 0) is 14.4 Å². The van der Waals surface area contributed by atoms with Gasteiger partial charge in [0.05, 0.1) is 12.7 Å². The second kappa shape index (κ2) is 5.40. The molecule has 1 aliphatic rings. The van der Waals surface area contributed by atoms with Crippen molar-refractivity contribution in [3.8, 4) is 5.75 Å². The summed E-state index contributed by atoms with van der Waals surface area (Å²) in [5, 5.41) is 0.513. The van der Waals surface area contributed by atoms with Crippen LogP contribution < -0.4 is 4.74 Å². The van der Waals surface area contributed by atoms with E-state index >= 15 is 0 Å². The number of rotatable bonds is 3. The number of carbonyl (C=O) groups excluding carboxylic acids is 3. The van der Waals surface area contributed by atoms with E-state index in [1.165, 1.54) is 13.2 Å². The lowest BCUT2D eigenvalue weighted by Gasteiger charge is -2.13. The van der Waals surface area contributed by atoms with Crippen molar-refractivity contribution < 1.29 is 24.0 Å². The number of halogens is 1. The van der Waals surface area contributed by atoms with Crippen molar-refractivity contribution in [1.29, 1.82) is 0 Å². The number of hydrogen-bond acceptors (Lipinski definition) is 5. The van der Waals surface area contributed by atoms with Crippen LogP contribution in [0.15, 0.2) is 22.7 Å². The van der Waals surface area contributed by atoms with E-state index in [9.17, 15) is 14.4 Å². The predicted molar refractivity (Wildman–Crippen MR) is 67.2 cm³/mol. The van der Waals surface area contributed by atoms with Crippen LogP contribution in [0.25, 0.3) is 0 Å². The molecule has 0 spiro atoms. The summed E-state index contributed by atoms with van der Waals surface area (Å²) in [5.41, 5.74) is 0.202. The smallest absolute Gasteiger partial charge is 0.365 e. The topological polar surface area (TPSA) is 72.9 Å². The van der Waals surface area contributed by atoms with Crippen LogP contribution in [0.2, 0.25) is 0 Å². The minimum atomic E-state index is -0.780. The Bertz CT molecular complexity index is 541. The van der Waals surface area contributed by atoms with Gasteiger partial charge in [0.1, 0.15) is 5.75 Å². The average molecular weight is 328 g/mol. The molecule has 0 radical (unpaired) electrons. The van der Waals surface area contributed by atoms with Crippen molar-refractivity contribution in [2.45, 2.75) is 12.8 Å². The zero-order valence-electron chi connectivity index (χ0n) is 10.0. The summed E-state index contributed by atoms with van der Waals surface area (Å²) in [6.07, 6.45) is 0.131. The predicted octanol–water partition coefficient (Wildman–Crippen LogP) is 1.68. The Labute approximate surface area is 117 Å². The molecule has 2 amide bonds. The average Bonchev–Trinajstić information content (AvgIpc) is 2.70. The van der Waals surface area contributed by atoms with Gasteiger partial charge in [-0.25, -0.2) is 4.79 Å². The van der Waals surface area contributed by atoms with Gasteiger partial charge in [-0.3, -0.25) is 9.59 Å². The van der Waals surface area contributed by atoms with Crippen LogP contribution in [0.5, 0.6) is 5.75 Å². The summed E-state index contributed by atoms with van der Waals surface area (Å²) in [4.78, 5) is 39.3. The Morgan fingerprint density at radius 1 is 1.26 bits per heavy atom. The summed E-state index contributed by atoms with van der Waals surface area (Å²) in [6.45, 7) is 0. The van der Waals surface area contributed by atoms with Gasteiger partial charge < -0.3 is 9.57 Å². The molecular weight excluding hydrogens is 318 g/mol. The molecule has 0 N–H and O–H groups in total. The summed E-state index contributed by atoms with van der Waals surface area (Å²) in [7, 11) is 1.50. The van der Waals surface area contributed by atoms with Gasteiger partial charge >= 0.3 is 5.97 Å². The molecule has 1 fully saturated rings. The van der Waals surface area contributed by atoms with E-state index in [4.69, 9.17) is 9.57 Å². The number of ether oxygens (including phenoxy) is 1. The molecule has 0 aromatic heterocycles. The van der Waals surface area contributed by atoms with Crippen LogP contribution in [0.4, 0.5) is 0 Å². The van der Waals surface area contributed by atoms with E-state index in [0.29, 0.717) is 15.3 Å². The molecule has 1 aromatic rings. The van der Waals surface area contributed by atoms with Gasteiger partial charge in [-0.05, 0) is 34.1 Å². The van der Waals surface area contributed by atoms with Crippen molar-refractivity contribution in [2.24, 2.45) is 0 Å². The molecule has 0 saturated carbocycles. The molecule has 7 heteroatoms. The fourth-order valence-electron chi connectivity index (χ4n) is 1.58. The highest BCUT2D eigenvalue weighted by Gasteiger charge is 2.33. The number of carbonyl (C=O) groups is 3. The molecular formula is C12H10BrNO5. The minimum absolute atomic E-state index is 0.0654. The van der Waals surface area contributed by atoms with Crippen LogP contribution in [0, 0.1) is 0 Å². The maximum atomic E-state index is 11.9. The number of hydrogen-bond donors (Lipinski definition) is 0. The third kappa shape index (κ3) is 2.76. The standard InChI is InChI=1S/C12H10BrNO5/c1-18-7-2-3-8(9(13)6-7)12(17)19-14-10(15)4-5-11(14)16/h2-3,6H,4-5H2,1H3. The van der Waals surface area contributed by atoms with Crippen molar-refractivity contribution in [3.63, 3.8) is 0 Å². The Balaban J connectivity index is 2.16. The molecule has 100 valence electrons. The highest BCUT2D eigenvalue weighted by atomic mass is 79.9. The van der Waals surface area contributed by atoms with E-state index < -0.39 is 17.8 Å². The van der Waals surface area contributed by atoms with Gasteiger partial charge in [0.25, 0.3) is 11.8 Å². The van der Waals surface area contributed by atoms with Crippen molar-refractivity contribution in [2.75, 3.05) is 7.11 Å². The van der Waals surface area contributed by atoms with Crippen molar-refractivity contribution in [3.05, 3.63) is 28.2 Å². The van der Waals surface area contributed by atoms with Gasteiger partial charge in [0, 0.05) is 17.3 Å². The summed E-state index contributed by atoms with van der Waals surface area (Å²) >= 11 is 3.20. The largest absolute Gasteiger partial charge is 0.497 e. The van der Waals surface area contributed by atoms with E-state index in [0.717, 1.165) is 0 Å². The first kappa shape index (κ1) is 13.5. The lowest BCUT2D eigenvalue weighted by molar-refractivity contribution is -0.172. The Hall–Kier alpha value is -1.89. The van der Waals surface area contributed by atoms with Gasteiger partial charge in [-0.15, -0.1) is 5.06 Å². The SMILES string of the molecule is COc1ccc(C(=O)ON2C(=O)CCC2=O)c(Br)c1. The number of nitrogens with zero attached hydrogens (tertiary/aromatic N) is 1. The van der Waals surface area contributed by atoms with Crippen molar-refractivity contribution in [1.82, 2.24) is 5.06 Å². The van der Waals surface area contributed by atoms with Crippen LogP contribution in [0.1, 0.15) is 23.2 Å². The first-order valence-electron chi connectivity index (χ1n) is 5.44. The molecule has 0 unspecified atom stereocenters. The summed E-state index contributed by atoms with van der Waals surface area (Å²) < 4.78 is 5.45. The number of imide groups is 1. The molecule has 6 nitrogen and oxygen atoms in total.